The molecule has 0 fully saturated rings. The van der Waals surface area contributed by atoms with Crippen LogP contribution in [0, 0.1) is 11.8 Å². The first-order valence-electron chi connectivity index (χ1n) is 2.54. The first-order valence-corrected chi connectivity index (χ1v) is 2.54. The van der Waals surface area contributed by atoms with Gasteiger partial charge in [-0.25, -0.2) is 0 Å². The first-order chi connectivity index (χ1) is 4.18. The fraction of sp³-hybridized carbons (Fsp3) is 0.500. The summed E-state index contributed by atoms with van der Waals surface area (Å²) in [6, 6.07) is -0.947. The highest BCUT2D eigenvalue weighted by Gasteiger charge is 1.97. The average molecular weight is 126 g/mol. The van der Waals surface area contributed by atoms with Crippen molar-refractivity contribution in [2.24, 2.45) is 5.73 Å². The molecular weight excluding hydrogens is 118 g/mol. The Morgan fingerprint density at radius 3 is 2.78 bits per heavy atom. The van der Waals surface area contributed by atoms with Gasteiger partial charge in [-0.2, -0.15) is 0 Å². The van der Waals surface area contributed by atoms with Gasteiger partial charge in [-0.15, -0.1) is 11.8 Å². The Hall–Kier alpha value is -1.01. The lowest BCUT2D eigenvalue weighted by Crippen LogP contribution is -2.41. The van der Waals surface area contributed by atoms with Crippen LogP contribution in [0.3, 0.4) is 0 Å². The molecule has 0 aromatic rings. The molecular formula is C6H8NO2-. The van der Waals surface area contributed by atoms with Crippen molar-refractivity contribution < 1.29 is 9.90 Å². The molecule has 0 saturated heterocycles. The molecule has 3 heteroatoms. The number of carboxylic acid groups (broad SMARTS) is 1. The zero-order valence-corrected chi connectivity index (χ0v) is 5.18. The molecule has 3 nitrogen and oxygen atoms in total. The summed E-state index contributed by atoms with van der Waals surface area (Å²) in [7, 11) is 0. The van der Waals surface area contributed by atoms with E-state index in [9.17, 15) is 9.90 Å². The Morgan fingerprint density at radius 1 is 1.89 bits per heavy atom. The Labute approximate surface area is 53.9 Å². The minimum Gasteiger partial charge on any atom is -0.548 e. The van der Waals surface area contributed by atoms with Crippen molar-refractivity contribution in [1.82, 2.24) is 0 Å². The van der Waals surface area contributed by atoms with Crippen molar-refractivity contribution in [3.63, 3.8) is 0 Å². The minimum absolute atomic E-state index is 0.166. The molecule has 0 amide bonds. The van der Waals surface area contributed by atoms with E-state index in [0.29, 0.717) is 0 Å². The summed E-state index contributed by atoms with van der Waals surface area (Å²) in [6.07, 6.45) is 0.166. The number of nitrogens with two attached hydrogens (primary N) is 1. The molecule has 0 saturated carbocycles. The van der Waals surface area contributed by atoms with Gasteiger partial charge in [0, 0.05) is 6.42 Å². The topological polar surface area (TPSA) is 66.2 Å². The zero-order chi connectivity index (χ0) is 7.28. The van der Waals surface area contributed by atoms with Crippen molar-refractivity contribution in [3.8, 4) is 11.8 Å². The molecule has 50 valence electrons. The smallest absolute Gasteiger partial charge is 0.0591 e. The second-order valence-corrected chi connectivity index (χ2v) is 1.56. The number of hydrogen-bond acceptors (Lipinski definition) is 3. The lowest BCUT2D eigenvalue weighted by Gasteiger charge is -2.06. The van der Waals surface area contributed by atoms with E-state index >= 15 is 0 Å². The van der Waals surface area contributed by atoms with Gasteiger partial charge in [-0.3, -0.25) is 0 Å². The maximum absolute atomic E-state index is 9.90. The van der Waals surface area contributed by atoms with E-state index in [-0.39, 0.29) is 6.42 Å². The fourth-order valence-electron chi connectivity index (χ4n) is 0.295. The van der Waals surface area contributed by atoms with Crippen molar-refractivity contribution >= 4 is 5.97 Å². The maximum atomic E-state index is 9.90. The molecule has 0 aromatic heterocycles. The zero-order valence-electron chi connectivity index (χ0n) is 5.18. The van der Waals surface area contributed by atoms with Crippen LogP contribution < -0.4 is 10.8 Å². The van der Waals surface area contributed by atoms with E-state index in [2.05, 4.69) is 11.8 Å². The molecule has 0 aliphatic rings. The molecule has 0 radical (unpaired) electrons. The van der Waals surface area contributed by atoms with Crippen LogP contribution in [0.15, 0.2) is 0 Å². The number of hydrogen-bond donors (Lipinski definition) is 1. The predicted molar refractivity (Wildman–Crippen MR) is 31.0 cm³/mol. The molecule has 2 N–H and O–H groups in total. The van der Waals surface area contributed by atoms with Gasteiger partial charge in [0.1, 0.15) is 0 Å². The molecule has 0 spiro atoms. The summed E-state index contributed by atoms with van der Waals surface area (Å²) < 4.78 is 0. The molecule has 0 aromatic carbocycles. The molecule has 0 bridgehead atoms. The summed E-state index contributed by atoms with van der Waals surface area (Å²) in [6.45, 7) is 1.63. The second-order valence-electron chi connectivity index (χ2n) is 1.56. The van der Waals surface area contributed by atoms with E-state index in [0.717, 1.165) is 0 Å². The van der Waals surface area contributed by atoms with Gasteiger partial charge in [0.25, 0.3) is 0 Å². The summed E-state index contributed by atoms with van der Waals surface area (Å²) in [5.41, 5.74) is 5.04. The summed E-state index contributed by atoms with van der Waals surface area (Å²) in [5, 5.41) is 9.90. The normalized spacial score (nSPS) is 11.3. The van der Waals surface area contributed by atoms with Gasteiger partial charge in [0.05, 0.1) is 12.0 Å². The number of carbonyl (C=O) groups excluding carboxylic acids is 1. The lowest BCUT2D eigenvalue weighted by molar-refractivity contribution is -0.307. The summed E-state index contributed by atoms with van der Waals surface area (Å²) in [5.74, 6) is 3.81. The van der Waals surface area contributed by atoms with Gasteiger partial charge in [-0.1, -0.05) is 0 Å². The summed E-state index contributed by atoms with van der Waals surface area (Å²) >= 11 is 0. The highest BCUT2D eigenvalue weighted by molar-refractivity contribution is 5.71. The van der Waals surface area contributed by atoms with Gasteiger partial charge in [0.2, 0.25) is 0 Å². The van der Waals surface area contributed by atoms with Crippen LogP contribution >= 0.6 is 0 Å². The van der Waals surface area contributed by atoms with E-state index in [1.807, 2.05) is 0 Å². The SMILES string of the molecule is CC#CC[C@H](N)C(=O)[O-]. The highest BCUT2D eigenvalue weighted by Crippen LogP contribution is 1.81. The number of carbonyl (C=O) groups is 1. The fourth-order valence-corrected chi connectivity index (χ4v) is 0.295. The van der Waals surface area contributed by atoms with Crippen LogP contribution in [-0.2, 0) is 4.79 Å². The lowest BCUT2D eigenvalue weighted by atomic mass is 10.2. The average Bonchev–Trinajstić information content (AvgIpc) is 1.82. The number of rotatable bonds is 2. The van der Waals surface area contributed by atoms with E-state index in [1.165, 1.54) is 0 Å². The Bertz CT molecular complexity index is 154. The minimum atomic E-state index is -1.25. The van der Waals surface area contributed by atoms with Gasteiger partial charge in [0.15, 0.2) is 0 Å². The van der Waals surface area contributed by atoms with Gasteiger partial charge >= 0.3 is 0 Å². The largest absolute Gasteiger partial charge is 0.548 e. The van der Waals surface area contributed by atoms with E-state index in [4.69, 9.17) is 5.73 Å². The van der Waals surface area contributed by atoms with Crippen LogP contribution in [-0.4, -0.2) is 12.0 Å². The van der Waals surface area contributed by atoms with Crippen LogP contribution in [0.25, 0.3) is 0 Å². The monoisotopic (exact) mass is 126 g/mol. The van der Waals surface area contributed by atoms with Crippen LogP contribution in [0.4, 0.5) is 0 Å². The molecule has 0 rings (SSSR count). The standard InChI is InChI=1S/C6H9NO2/c1-2-3-4-5(7)6(8)9/h5H,4,7H2,1H3,(H,8,9)/p-1/t5-/m0/s1. The molecule has 0 unspecified atom stereocenters. The first kappa shape index (κ1) is 7.99. The predicted octanol–water partition coefficient (Wildman–Crippen LogP) is -1.52. The van der Waals surface area contributed by atoms with E-state index in [1.54, 1.807) is 6.92 Å². The van der Waals surface area contributed by atoms with Crippen molar-refractivity contribution in [2.45, 2.75) is 19.4 Å². The third-order valence-electron chi connectivity index (χ3n) is 0.802. The third kappa shape index (κ3) is 3.56. The second kappa shape index (κ2) is 3.93. The van der Waals surface area contributed by atoms with Crippen LogP contribution in [0.2, 0.25) is 0 Å². The molecule has 0 aliphatic carbocycles. The molecule has 0 aliphatic heterocycles. The Kier molecular flexibility index (Phi) is 3.49. The molecule has 9 heavy (non-hydrogen) atoms. The maximum Gasteiger partial charge on any atom is 0.0591 e. The van der Waals surface area contributed by atoms with Crippen LogP contribution in [0.5, 0.6) is 0 Å². The third-order valence-corrected chi connectivity index (χ3v) is 0.802. The number of aliphatic carboxylic acids is 1. The van der Waals surface area contributed by atoms with Crippen molar-refractivity contribution in [2.75, 3.05) is 0 Å². The van der Waals surface area contributed by atoms with Gasteiger partial charge in [-0.05, 0) is 6.92 Å². The quantitative estimate of drug-likeness (QED) is 0.457. The molecule has 1 atom stereocenters. The van der Waals surface area contributed by atoms with Crippen molar-refractivity contribution in [3.05, 3.63) is 0 Å². The Balaban J connectivity index is 3.59. The Morgan fingerprint density at radius 2 is 2.44 bits per heavy atom. The number of carboxylic acids is 1. The highest BCUT2D eigenvalue weighted by atomic mass is 16.4. The van der Waals surface area contributed by atoms with Gasteiger partial charge < -0.3 is 15.6 Å². The van der Waals surface area contributed by atoms with Crippen LogP contribution in [0.1, 0.15) is 13.3 Å². The van der Waals surface area contributed by atoms with E-state index < -0.39 is 12.0 Å². The van der Waals surface area contributed by atoms with Crippen molar-refractivity contribution in [1.29, 1.82) is 0 Å². The molecule has 0 heterocycles. The summed E-state index contributed by atoms with van der Waals surface area (Å²) in [4.78, 5) is 9.90.